The summed E-state index contributed by atoms with van der Waals surface area (Å²) in [7, 11) is 0. The van der Waals surface area contributed by atoms with Gasteiger partial charge in [0.25, 0.3) is 0 Å². The Labute approximate surface area is 164 Å². The van der Waals surface area contributed by atoms with Crippen LogP contribution in [-0.4, -0.2) is 27.2 Å². The maximum Gasteiger partial charge on any atom is 0.305 e. The van der Waals surface area contributed by atoms with Crippen LogP contribution in [0.5, 0.6) is 0 Å². The van der Waals surface area contributed by atoms with E-state index in [1.807, 2.05) is 0 Å². The molecule has 0 aliphatic carbocycles. The first-order valence-corrected chi connectivity index (χ1v) is 9.75. The van der Waals surface area contributed by atoms with Gasteiger partial charge in [-0.15, -0.1) is 23.1 Å². The number of carboxylic acid groups (broad SMARTS) is 1. The number of thiazole rings is 1. The number of benzene rings is 2. The van der Waals surface area contributed by atoms with Crippen molar-refractivity contribution in [1.29, 1.82) is 0 Å². The van der Waals surface area contributed by atoms with Gasteiger partial charge in [0.05, 0.1) is 34.1 Å². The van der Waals surface area contributed by atoms with E-state index in [-0.39, 0.29) is 16.8 Å². The number of fused-ring (bicyclic) bond motifs is 2. The van der Waals surface area contributed by atoms with Crippen LogP contribution < -0.4 is 4.90 Å². The van der Waals surface area contributed by atoms with Gasteiger partial charge in [0.2, 0.25) is 5.91 Å². The summed E-state index contributed by atoms with van der Waals surface area (Å²) >= 11 is 2.02. The monoisotopic (exact) mass is 424 g/mol. The smallest absolute Gasteiger partial charge is 0.305 e. The summed E-state index contributed by atoms with van der Waals surface area (Å²) in [5.74, 6) is -3.70. The molecule has 1 aromatic heterocycles. The van der Waals surface area contributed by atoms with E-state index in [0.717, 1.165) is 35.2 Å². The summed E-state index contributed by atoms with van der Waals surface area (Å²) in [5, 5.41) is 8.52. The number of halogens is 3. The maximum absolute atomic E-state index is 13.9. The van der Waals surface area contributed by atoms with E-state index >= 15 is 0 Å². The zero-order chi connectivity index (χ0) is 20.0. The Morgan fingerprint density at radius 3 is 2.71 bits per heavy atom. The second-order valence-electron chi connectivity index (χ2n) is 6.08. The minimum atomic E-state index is -1.13. The summed E-state index contributed by atoms with van der Waals surface area (Å²) < 4.78 is 41.3. The van der Waals surface area contributed by atoms with Crippen LogP contribution in [0.15, 0.2) is 35.2 Å². The number of anilines is 1. The molecule has 1 unspecified atom stereocenters. The number of carbonyl (C=O) groups excluding carboxylic acids is 1. The first-order chi connectivity index (χ1) is 13.3. The van der Waals surface area contributed by atoms with Crippen molar-refractivity contribution in [3.05, 3.63) is 52.8 Å². The molecule has 0 radical (unpaired) electrons. The fourth-order valence-corrected chi connectivity index (χ4v) is 5.09. The van der Waals surface area contributed by atoms with Crippen LogP contribution in [0.2, 0.25) is 0 Å². The molecule has 144 valence electrons. The molecule has 1 aliphatic heterocycles. The lowest BCUT2D eigenvalue weighted by atomic mass is 10.2. The van der Waals surface area contributed by atoms with Gasteiger partial charge in [-0.1, -0.05) is 0 Å². The molecule has 0 saturated heterocycles. The zero-order valence-corrected chi connectivity index (χ0v) is 15.6. The molecule has 0 fully saturated rings. The van der Waals surface area contributed by atoms with E-state index in [4.69, 9.17) is 5.11 Å². The Kier molecular flexibility index (Phi) is 4.76. The highest BCUT2D eigenvalue weighted by atomic mass is 32.2. The lowest BCUT2D eigenvalue weighted by molar-refractivity contribution is -0.138. The molecular weight excluding hydrogens is 413 g/mol. The van der Waals surface area contributed by atoms with E-state index in [9.17, 15) is 22.8 Å². The van der Waals surface area contributed by atoms with Crippen molar-refractivity contribution in [3.63, 3.8) is 0 Å². The second kappa shape index (κ2) is 7.10. The van der Waals surface area contributed by atoms with Gasteiger partial charge in [-0.25, -0.2) is 18.2 Å². The Hall–Kier alpha value is -2.59. The molecule has 2 heterocycles. The Balaban J connectivity index is 1.74. The number of nitrogens with zero attached hydrogens (tertiary/aromatic N) is 2. The van der Waals surface area contributed by atoms with E-state index in [1.165, 1.54) is 23.1 Å². The molecule has 28 heavy (non-hydrogen) atoms. The topological polar surface area (TPSA) is 70.5 Å². The van der Waals surface area contributed by atoms with Gasteiger partial charge in [-0.05, 0) is 18.2 Å². The van der Waals surface area contributed by atoms with Crippen molar-refractivity contribution in [2.24, 2.45) is 0 Å². The van der Waals surface area contributed by atoms with Crippen LogP contribution in [0.1, 0.15) is 11.4 Å². The van der Waals surface area contributed by atoms with E-state index in [1.54, 1.807) is 0 Å². The second-order valence-corrected chi connectivity index (χ2v) is 8.41. The van der Waals surface area contributed by atoms with Gasteiger partial charge in [0.1, 0.15) is 22.5 Å². The Morgan fingerprint density at radius 1 is 1.18 bits per heavy atom. The maximum atomic E-state index is 13.9. The molecule has 0 spiro atoms. The van der Waals surface area contributed by atoms with E-state index in [2.05, 4.69) is 4.98 Å². The van der Waals surface area contributed by atoms with Crippen LogP contribution in [-0.2, 0) is 16.1 Å². The summed E-state index contributed by atoms with van der Waals surface area (Å²) in [4.78, 5) is 29.9. The van der Waals surface area contributed by atoms with Crippen molar-refractivity contribution in [3.8, 4) is 0 Å². The standard InChI is InChI=1S/C18H11F3N2O3S2/c19-8-1-2-13-12(5-8)23(18(26)14(27-13)6-16(24)25)7-15-22-11-4-9(20)3-10(21)17(11)28-15/h1-5,14H,6-7H2,(H,24,25). The summed E-state index contributed by atoms with van der Waals surface area (Å²) in [6, 6.07) is 5.74. The number of hydrogen-bond donors (Lipinski definition) is 1. The molecule has 3 aromatic rings. The predicted octanol–water partition coefficient (Wildman–Crippen LogP) is 4.20. The molecule has 1 N–H and O–H groups in total. The van der Waals surface area contributed by atoms with Crippen LogP contribution in [0.4, 0.5) is 18.9 Å². The fourth-order valence-electron chi connectivity index (χ4n) is 2.96. The number of amides is 1. The third-order valence-electron chi connectivity index (χ3n) is 4.13. The highest BCUT2D eigenvalue weighted by Crippen LogP contribution is 2.42. The summed E-state index contributed by atoms with van der Waals surface area (Å²) in [6.45, 7) is -0.105. The third-order valence-corrected chi connectivity index (χ3v) is 6.45. The molecule has 2 aromatic carbocycles. The number of thioether (sulfide) groups is 1. The molecule has 1 atom stereocenters. The largest absolute Gasteiger partial charge is 0.481 e. The molecule has 4 rings (SSSR count). The van der Waals surface area contributed by atoms with Crippen LogP contribution in [0, 0.1) is 17.5 Å². The summed E-state index contributed by atoms with van der Waals surface area (Å²) in [6.07, 6.45) is -0.392. The van der Waals surface area contributed by atoms with Crippen molar-refractivity contribution in [1.82, 2.24) is 4.98 Å². The highest BCUT2D eigenvalue weighted by Gasteiger charge is 2.35. The number of aromatic nitrogens is 1. The van der Waals surface area contributed by atoms with Gasteiger partial charge in [-0.2, -0.15) is 0 Å². The molecule has 1 amide bonds. The fraction of sp³-hybridized carbons (Fsp3) is 0.167. The van der Waals surface area contributed by atoms with Crippen molar-refractivity contribution in [2.75, 3.05) is 4.90 Å². The van der Waals surface area contributed by atoms with E-state index in [0.29, 0.717) is 15.6 Å². The predicted molar refractivity (Wildman–Crippen MR) is 99.0 cm³/mol. The lowest BCUT2D eigenvalue weighted by Gasteiger charge is -2.32. The number of carboxylic acids is 1. The first kappa shape index (κ1) is 18.8. The van der Waals surface area contributed by atoms with Gasteiger partial charge < -0.3 is 10.0 Å². The molecule has 5 nitrogen and oxygen atoms in total. The number of aliphatic carboxylic acids is 1. The highest BCUT2D eigenvalue weighted by molar-refractivity contribution is 8.01. The number of hydrogen-bond acceptors (Lipinski definition) is 5. The van der Waals surface area contributed by atoms with Gasteiger partial charge >= 0.3 is 5.97 Å². The average Bonchev–Trinajstić information content (AvgIpc) is 3.01. The van der Waals surface area contributed by atoms with Crippen LogP contribution >= 0.6 is 23.1 Å². The molecule has 0 saturated carbocycles. The van der Waals surface area contributed by atoms with Gasteiger partial charge in [0.15, 0.2) is 0 Å². The summed E-state index contributed by atoms with van der Waals surface area (Å²) in [5.41, 5.74) is 0.417. The molecule has 10 heteroatoms. The molecule has 0 bridgehead atoms. The quantitative estimate of drug-likeness (QED) is 0.680. The average molecular weight is 424 g/mol. The molecule has 1 aliphatic rings. The first-order valence-electron chi connectivity index (χ1n) is 8.05. The van der Waals surface area contributed by atoms with Gasteiger partial charge in [0, 0.05) is 17.0 Å². The van der Waals surface area contributed by atoms with Crippen molar-refractivity contribution in [2.45, 2.75) is 23.1 Å². The van der Waals surface area contributed by atoms with Crippen LogP contribution in [0.3, 0.4) is 0 Å². The van der Waals surface area contributed by atoms with Gasteiger partial charge in [-0.3, -0.25) is 9.59 Å². The zero-order valence-electron chi connectivity index (χ0n) is 14.0. The van der Waals surface area contributed by atoms with Crippen molar-refractivity contribution >= 4 is 50.9 Å². The number of rotatable bonds is 4. The minimum Gasteiger partial charge on any atom is -0.481 e. The third kappa shape index (κ3) is 3.45. The SMILES string of the molecule is O=C(O)CC1Sc2ccc(F)cc2N(Cc2nc3cc(F)cc(F)c3s2)C1=O. The van der Waals surface area contributed by atoms with Crippen LogP contribution in [0.25, 0.3) is 10.2 Å². The van der Waals surface area contributed by atoms with Crippen molar-refractivity contribution < 1.29 is 27.9 Å². The Morgan fingerprint density at radius 2 is 1.96 bits per heavy atom. The molecular formula is C18H11F3N2O3S2. The van der Waals surface area contributed by atoms with E-state index < -0.39 is 41.0 Å². The number of carbonyl (C=O) groups is 2. The Bertz CT molecular complexity index is 1120. The minimum absolute atomic E-state index is 0.105. The normalized spacial score (nSPS) is 16.5. The lowest BCUT2D eigenvalue weighted by Crippen LogP contribution is -2.41.